The molecule has 0 nitrogen and oxygen atoms in total. The first kappa shape index (κ1) is 10.4. The molecule has 0 bridgehead atoms. The number of rotatable bonds is 3. The molecule has 0 aromatic rings. The molecule has 1 rings (SSSR count). The third-order valence-corrected chi connectivity index (χ3v) is 3.14. The molecule has 0 unspecified atom stereocenters. The molecular formula is C9H15BrF2. The van der Waals surface area contributed by atoms with Gasteiger partial charge in [0, 0.05) is 18.2 Å². The van der Waals surface area contributed by atoms with Crippen molar-refractivity contribution in [3.05, 3.63) is 0 Å². The van der Waals surface area contributed by atoms with Gasteiger partial charge in [-0.05, 0) is 31.6 Å². The van der Waals surface area contributed by atoms with Crippen LogP contribution in [0.3, 0.4) is 0 Å². The van der Waals surface area contributed by atoms with Gasteiger partial charge in [-0.1, -0.05) is 15.9 Å². The van der Waals surface area contributed by atoms with Crippen molar-refractivity contribution in [1.29, 1.82) is 0 Å². The normalized spacial score (nSPS) is 24.2. The zero-order valence-electron chi connectivity index (χ0n) is 7.16. The third-order valence-electron chi connectivity index (χ3n) is 2.58. The van der Waals surface area contributed by atoms with Crippen LogP contribution in [-0.4, -0.2) is 11.3 Å². The van der Waals surface area contributed by atoms with E-state index in [1.165, 1.54) is 0 Å². The molecule has 0 N–H and O–H groups in total. The van der Waals surface area contributed by atoms with Crippen LogP contribution in [0.5, 0.6) is 0 Å². The van der Waals surface area contributed by atoms with Crippen molar-refractivity contribution in [2.24, 2.45) is 5.92 Å². The Morgan fingerprint density at radius 2 is 1.83 bits per heavy atom. The van der Waals surface area contributed by atoms with Gasteiger partial charge in [0.05, 0.1) is 0 Å². The Hall–Kier alpha value is 0.340. The van der Waals surface area contributed by atoms with Crippen molar-refractivity contribution in [2.45, 2.75) is 44.4 Å². The molecule has 1 fully saturated rings. The summed E-state index contributed by atoms with van der Waals surface area (Å²) in [4.78, 5) is 0. The summed E-state index contributed by atoms with van der Waals surface area (Å²) in [5, 5.41) is 1.000. The molecule has 0 saturated heterocycles. The highest BCUT2D eigenvalue weighted by Gasteiger charge is 2.34. The van der Waals surface area contributed by atoms with Crippen molar-refractivity contribution in [3.8, 4) is 0 Å². The maximum atomic E-state index is 12.7. The Labute approximate surface area is 80.9 Å². The molecule has 1 aliphatic carbocycles. The summed E-state index contributed by atoms with van der Waals surface area (Å²) in [7, 11) is 0. The Balaban J connectivity index is 2.18. The van der Waals surface area contributed by atoms with Crippen LogP contribution in [0.4, 0.5) is 8.78 Å². The molecule has 0 amide bonds. The fraction of sp³-hybridized carbons (Fsp3) is 1.00. The van der Waals surface area contributed by atoms with Crippen molar-refractivity contribution in [2.75, 3.05) is 5.33 Å². The minimum atomic E-state index is -2.36. The Morgan fingerprint density at radius 3 is 2.33 bits per heavy atom. The lowest BCUT2D eigenvalue weighted by Gasteiger charge is -2.27. The number of hydrogen-bond acceptors (Lipinski definition) is 0. The van der Waals surface area contributed by atoms with Crippen molar-refractivity contribution in [3.63, 3.8) is 0 Å². The Bertz CT molecular complexity index is 126. The summed E-state index contributed by atoms with van der Waals surface area (Å²) in [5.41, 5.74) is 0. The van der Waals surface area contributed by atoms with Crippen LogP contribution in [0, 0.1) is 5.92 Å². The largest absolute Gasteiger partial charge is 0.248 e. The topological polar surface area (TPSA) is 0 Å². The number of hydrogen-bond donors (Lipinski definition) is 0. The van der Waals surface area contributed by atoms with Crippen molar-refractivity contribution in [1.82, 2.24) is 0 Å². The molecule has 0 aliphatic heterocycles. The lowest BCUT2D eigenvalue weighted by Crippen LogP contribution is -2.24. The van der Waals surface area contributed by atoms with Gasteiger partial charge in [-0.2, -0.15) is 0 Å². The lowest BCUT2D eigenvalue weighted by molar-refractivity contribution is -0.0465. The summed E-state index contributed by atoms with van der Waals surface area (Å²) >= 11 is 3.35. The molecule has 1 saturated carbocycles. The fourth-order valence-corrected chi connectivity index (χ4v) is 2.08. The van der Waals surface area contributed by atoms with E-state index in [9.17, 15) is 8.78 Å². The minimum absolute atomic E-state index is 0.111. The van der Waals surface area contributed by atoms with Gasteiger partial charge < -0.3 is 0 Å². The summed E-state index contributed by atoms with van der Waals surface area (Å²) in [6.45, 7) is 0. The van der Waals surface area contributed by atoms with Gasteiger partial charge in [0.1, 0.15) is 0 Å². The van der Waals surface area contributed by atoms with Gasteiger partial charge in [0.25, 0.3) is 0 Å². The first-order valence-corrected chi connectivity index (χ1v) is 5.70. The maximum absolute atomic E-state index is 12.7. The van der Waals surface area contributed by atoms with E-state index in [1.54, 1.807) is 0 Å². The first-order valence-electron chi connectivity index (χ1n) is 4.58. The van der Waals surface area contributed by atoms with E-state index in [2.05, 4.69) is 15.9 Å². The fourth-order valence-electron chi connectivity index (χ4n) is 1.75. The standard InChI is InChI=1S/C9H15BrF2/c10-7-1-2-8-3-5-9(11,12)6-4-8/h8H,1-7H2. The lowest BCUT2D eigenvalue weighted by atomic mass is 9.84. The van der Waals surface area contributed by atoms with E-state index >= 15 is 0 Å². The van der Waals surface area contributed by atoms with Crippen LogP contribution in [0.2, 0.25) is 0 Å². The SMILES string of the molecule is FC1(F)CCC(CCCBr)CC1. The average molecular weight is 241 g/mol. The van der Waals surface area contributed by atoms with Gasteiger partial charge in [-0.25, -0.2) is 8.78 Å². The van der Waals surface area contributed by atoms with E-state index in [0.717, 1.165) is 31.0 Å². The molecule has 12 heavy (non-hydrogen) atoms. The highest BCUT2D eigenvalue weighted by Crippen LogP contribution is 2.37. The molecule has 0 radical (unpaired) electrons. The number of halogens is 3. The smallest absolute Gasteiger partial charge is 0.207 e. The van der Waals surface area contributed by atoms with E-state index in [1.807, 2.05) is 0 Å². The highest BCUT2D eigenvalue weighted by molar-refractivity contribution is 9.09. The number of alkyl halides is 3. The first-order chi connectivity index (χ1) is 5.64. The molecular weight excluding hydrogens is 226 g/mol. The zero-order chi connectivity index (χ0) is 9.03. The van der Waals surface area contributed by atoms with Gasteiger partial charge in [-0.3, -0.25) is 0 Å². The third kappa shape index (κ3) is 3.38. The molecule has 0 aromatic heterocycles. The van der Waals surface area contributed by atoms with Gasteiger partial charge >= 0.3 is 0 Å². The van der Waals surface area contributed by atoms with Crippen LogP contribution < -0.4 is 0 Å². The van der Waals surface area contributed by atoms with Gasteiger partial charge in [-0.15, -0.1) is 0 Å². The van der Waals surface area contributed by atoms with E-state index < -0.39 is 5.92 Å². The summed E-state index contributed by atoms with van der Waals surface area (Å²) in [6.07, 6.45) is 3.90. The molecule has 0 heterocycles. The predicted octanol–water partition coefficient (Wildman–Crippen LogP) is 3.99. The summed E-state index contributed by atoms with van der Waals surface area (Å²) in [6, 6.07) is 0. The summed E-state index contributed by atoms with van der Waals surface area (Å²) in [5.74, 6) is -1.80. The predicted molar refractivity (Wildman–Crippen MR) is 49.9 cm³/mol. The van der Waals surface area contributed by atoms with Crippen LogP contribution in [0.1, 0.15) is 38.5 Å². The Kier molecular flexibility index (Phi) is 3.94. The maximum Gasteiger partial charge on any atom is 0.248 e. The van der Waals surface area contributed by atoms with E-state index in [0.29, 0.717) is 5.92 Å². The molecule has 72 valence electrons. The Morgan fingerprint density at radius 1 is 1.25 bits per heavy atom. The minimum Gasteiger partial charge on any atom is -0.207 e. The van der Waals surface area contributed by atoms with E-state index in [4.69, 9.17) is 0 Å². The van der Waals surface area contributed by atoms with E-state index in [-0.39, 0.29) is 12.8 Å². The van der Waals surface area contributed by atoms with Crippen LogP contribution >= 0.6 is 15.9 Å². The highest BCUT2D eigenvalue weighted by atomic mass is 79.9. The molecule has 3 heteroatoms. The molecule has 1 aliphatic rings. The van der Waals surface area contributed by atoms with Crippen LogP contribution in [0.25, 0.3) is 0 Å². The monoisotopic (exact) mass is 240 g/mol. The second kappa shape index (κ2) is 4.54. The zero-order valence-corrected chi connectivity index (χ0v) is 8.75. The van der Waals surface area contributed by atoms with Crippen LogP contribution in [0.15, 0.2) is 0 Å². The van der Waals surface area contributed by atoms with Crippen LogP contribution in [-0.2, 0) is 0 Å². The van der Waals surface area contributed by atoms with Crippen molar-refractivity contribution < 1.29 is 8.78 Å². The van der Waals surface area contributed by atoms with Gasteiger partial charge in [0.2, 0.25) is 5.92 Å². The molecule has 0 atom stereocenters. The van der Waals surface area contributed by atoms with Crippen molar-refractivity contribution >= 4 is 15.9 Å². The summed E-state index contributed by atoms with van der Waals surface area (Å²) < 4.78 is 25.4. The average Bonchev–Trinajstić information content (AvgIpc) is 2.03. The van der Waals surface area contributed by atoms with Gasteiger partial charge in [0.15, 0.2) is 0 Å². The quantitative estimate of drug-likeness (QED) is 0.655. The second-order valence-corrected chi connectivity index (χ2v) is 4.42. The molecule has 0 spiro atoms. The second-order valence-electron chi connectivity index (χ2n) is 3.63. The molecule has 0 aromatic carbocycles.